The third-order valence-corrected chi connectivity index (χ3v) is 3.91. The second-order valence-corrected chi connectivity index (χ2v) is 6.04. The molecule has 0 aromatic heterocycles. The molecule has 0 saturated carbocycles. The van der Waals surface area contributed by atoms with Crippen LogP contribution in [0.1, 0.15) is 5.56 Å². The van der Waals surface area contributed by atoms with E-state index in [0.29, 0.717) is 18.0 Å². The minimum absolute atomic E-state index is 0.120. The highest BCUT2D eigenvalue weighted by atomic mass is 19.1. The monoisotopic (exact) mass is 364 g/mol. The summed E-state index contributed by atoms with van der Waals surface area (Å²) in [5.41, 5.74) is 1.74. The van der Waals surface area contributed by atoms with E-state index in [9.17, 15) is 9.18 Å². The Bertz CT molecular complexity index is 850. The van der Waals surface area contributed by atoms with Crippen LogP contribution in [0.15, 0.2) is 78.9 Å². The third kappa shape index (κ3) is 6.24. The number of carbonyl (C=O) groups excluding carboxylic acids is 1. The van der Waals surface area contributed by atoms with Gasteiger partial charge in [0.1, 0.15) is 17.3 Å². The summed E-state index contributed by atoms with van der Waals surface area (Å²) in [6, 6.07) is 23.1. The maximum absolute atomic E-state index is 12.8. The Morgan fingerprint density at radius 3 is 2.22 bits per heavy atom. The number of amides is 1. The predicted molar refractivity (Wildman–Crippen MR) is 105 cm³/mol. The topological polar surface area (TPSA) is 50.4 Å². The number of benzene rings is 3. The molecule has 138 valence electrons. The first-order valence-corrected chi connectivity index (χ1v) is 8.77. The molecule has 0 aliphatic carbocycles. The Labute approximate surface area is 158 Å². The molecule has 3 rings (SSSR count). The minimum Gasteiger partial charge on any atom is -0.457 e. The fraction of sp³-hybridized carbons (Fsp3) is 0.136. The second-order valence-electron chi connectivity index (χ2n) is 6.04. The molecule has 27 heavy (non-hydrogen) atoms. The molecule has 0 atom stereocenters. The predicted octanol–water partition coefficient (Wildman–Crippen LogP) is 4.39. The number of anilines is 1. The van der Waals surface area contributed by atoms with E-state index in [1.54, 1.807) is 24.3 Å². The summed E-state index contributed by atoms with van der Waals surface area (Å²) in [5, 5.41) is 5.91. The van der Waals surface area contributed by atoms with Gasteiger partial charge in [-0.05, 0) is 67.1 Å². The zero-order chi connectivity index (χ0) is 18.9. The first-order valence-electron chi connectivity index (χ1n) is 8.77. The van der Waals surface area contributed by atoms with Gasteiger partial charge in [0.25, 0.3) is 0 Å². The van der Waals surface area contributed by atoms with E-state index in [2.05, 4.69) is 10.6 Å². The Balaban J connectivity index is 1.39. The molecule has 0 bridgehead atoms. The van der Waals surface area contributed by atoms with Crippen LogP contribution in [0.4, 0.5) is 10.1 Å². The molecule has 0 spiro atoms. The van der Waals surface area contributed by atoms with Crippen LogP contribution < -0.4 is 15.4 Å². The molecule has 0 aliphatic heterocycles. The van der Waals surface area contributed by atoms with Crippen LogP contribution in [0.5, 0.6) is 11.5 Å². The smallest absolute Gasteiger partial charge is 0.238 e. The summed E-state index contributed by atoms with van der Waals surface area (Å²) in [6.07, 6.45) is 0.735. The highest BCUT2D eigenvalue weighted by molar-refractivity contribution is 5.92. The van der Waals surface area contributed by atoms with Gasteiger partial charge < -0.3 is 15.4 Å². The van der Waals surface area contributed by atoms with Gasteiger partial charge in [-0.25, -0.2) is 4.39 Å². The van der Waals surface area contributed by atoms with Crippen molar-refractivity contribution in [1.82, 2.24) is 5.32 Å². The molecule has 3 aromatic carbocycles. The SMILES string of the molecule is O=C(CNCCc1ccc(F)cc1)Nc1ccc(Oc2ccccc2)cc1. The quantitative estimate of drug-likeness (QED) is 0.583. The van der Waals surface area contributed by atoms with Gasteiger partial charge in [-0.1, -0.05) is 30.3 Å². The number of rotatable bonds is 8. The molecule has 0 radical (unpaired) electrons. The molecule has 4 nitrogen and oxygen atoms in total. The molecule has 0 heterocycles. The number of ether oxygens (including phenoxy) is 1. The summed E-state index contributed by atoms with van der Waals surface area (Å²) < 4.78 is 18.6. The average molecular weight is 364 g/mol. The van der Waals surface area contributed by atoms with E-state index in [1.165, 1.54) is 12.1 Å². The van der Waals surface area contributed by atoms with Crippen molar-refractivity contribution < 1.29 is 13.9 Å². The Hall–Kier alpha value is -3.18. The Morgan fingerprint density at radius 2 is 1.52 bits per heavy atom. The van der Waals surface area contributed by atoms with Gasteiger partial charge in [-0.15, -0.1) is 0 Å². The van der Waals surface area contributed by atoms with Crippen molar-refractivity contribution in [3.05, 3.63) is 90.2 Å². The van der Waals surface area contributed by atoms with Crippen molar-refractivity contribution in [3.8, 4) is 11.5 Å². The third-order valence-electron chi connectivity index (χ3n) is 3.91. The number of hydrogen-bond donors (Lipinski definition) is 2. The van der Waals surface area contributed by atoms with Gasteiger partial charge >= 0.3 is 0 Å². The van der Waals surface area contributed by atoms with E-state index >= 15 is 0 Å². The fourth-order valence-electron chi connectivity index (χ4n) is 2.52. The lowest BCUT2D eigenvalue weighted by molar-refractivity contribution is -0.115. The normalized spacial score (nSPS) is 10.4. The first-order chi connectivity index (χ1) is 13.2. The summed E-state index contributed by atoms with van der Waals surface area (Å²) in [4.78, 5) is 12.0. The molecule has 1 amide bonds. The highest BCUT2D eigenvalue weighted by Gasteiger charge is 2.03. The molecular weight excluding hydrogens is 343 g/mol. The molecule has 0 aliphatic rings. The minimum atomic E-state index is -0.244. The van der Waals surface area contributed by atoms with Crippen LogP contribution >= 0.6 is 0 Å². The fourth-order valence-corrected chi connectivity index (χ4v) is 2.52. The number of nitrogens with one attached hydrogen (secondary N) is 2. The van der Waals surface area contributed by atoms with Gasteiger partial charge in [-0.3, -0.25) is 4.79 Å². The van der Waals surface area contributed by atoms with Gasteiger partial charge in [0.05, 0.1) is 6.54 Å². The van der Waals surface area contributed by atoms with Crippen LogP contribution in [0.2, 0.25) is 0 Å². The van der Waals surface area contributed by atoms with Crippen LogP contribution in [0, 0.1) is 5.82 Å². The lowest BCUT2D eigenvalue weighted by atomic mass is 10.1. The van der Waals surface area contributed by atoms with Crippen LogP contribution in [0.25, 0.3) is 0 Å². The van der Waals surface area contributed by atoms with E-state index < -0.39 is 0 Å². The van der Waals surface area contributed by atoms with Crippen molar-refractivity contribution in [1.29, 1.82) is 0 Å². The molecule has 0 fully saturated rings. The molecule has 2 N–H and O–H groups in total. The van der Waals surface area contributed by atoms with E-state index in [4.69, 9.17) is 4.74 Å². The van der Waals surface area contributed by atoms with Crippen molar-refractivity contribution in [2.24, 2.45) is 0 Å². The standard InChI is InChI=1S/C22H21FN2O2/c23-18-8-6-17(7-9-18)14-15-24-16-22(26)25-19-10-12-21(13-11-19)27-20-4-2-1-3-5-20/h1-13,24H,14-16H2,(H,25,26). The van der Waals surface area contributed by atoms with Gasteiger partial charge in [0, 0.05) is 5.69 Å². The maximum Gasteiger partial charge on any atom is 0.238 e. The van der Waals surface area contributed by atoms with Crippen molar-refractivity contribution in [2.75, 3.05) is 18.4 Å². The van der Waals surface area contributed by atoms with Gasteiger partial charge in [-0.2, -0.15) is 0 Å². The van der Waals surface area contributed by atoms with Crippen molar-refractivity contribution in [3.63, 3.8) is 0 Å². The summed E-state index contributed by atoms with van der Waals surface area (Å²) in [6.45, 7) is 0.854. The van der Waals surface area contributed by atoms with Crippen molar-refractivity contribution in [2.45, 2.75) is 6.42 Å². The Morgan fingerprint density at radius 1 is 0.852 bits per heavy atom. The molecular formula is C22H21FN2O2. The van der Waals surface area contributed by atoms with E-state index in [1.807, 2.05) is 42.5 Å². The number of halogens is 1. The van der Waals surface area contributed by atoms with Gasteiger partial charge in [0.15, 0.2) is 0 Å². The lowest BCUT2D eigenvalue weighted by Gasteiger charge is -2.09. The van der Waals surface area contributed by atoms with Gasteiger partial charge in [0.2, 0.25) is 5.91 Å². The largest absolute Gasteiger partial charge is 0.457 e. The maximum atomic E-state index is 12.8. The molecule has 0 unspecified atom stereocenters. The number of carbonyl (C=O) groups is 1. The number of para-hydroxylation sites is 1. The van der Waals surface area contributed by atoms with Crippen LogP contribution in [0.3, 0.4) is 0 Å². The summed E-state index contributed by atoms with van der Waals surface area (Å²) >= 11 is 0. The highest BCUT2D eigenvalue weighted by Crippen LogP contribution is 2.22. The second kappa shape index (κ2) is 9.50. The number of hydrogen-bond acceptors (Lipinski definition) is 3. The summed E-state index contributed by atoms with van der Waals surface area (Å²) in [5.74, 6) is 1.10. The molecule has 0 saturated heterocycles. The first kappa shape index (κ1) is 18.6. The Kier molecular flexibility index (Phi) is 6.55. The lowest BCUT2D eigenvalue weighted by Crippen LogP contribution is -2.29. The molecule has 3 aromatic rings. The summed E-state index contributed by atoms with van der Waals surface area (Å²) in [7, 11) is 0. The zero-order valence-electron chi connectivity index (χ0n) is 14.8. The van der Waals surface area contributed by atoms with Crippen molar-refractivity contribution >= 4 is 11.6 Å². The van der Waals surface area contributed by atoms with Crippen LogP contribution in [-0.2, 0) is 11.2 Å². The molecule has 5 heteroatoms. The van der Waals surface area contributed by atoms with E-state index in [0.717, 1.165) is 17.7 Å². The van der Waals surface area contributed by atoms with E-state index in [-0.39, 0.29) is 18.3 Å². The zero-order valence-corrected chi connectivity index (χ0v) is 14.8. The average Bonchev–Trinajstić information content (AvgIpc) is 2.69. The van der Waals surface area contributed by atoms with Crippen LogP contribution in [-0.4, -0.2) is 19.0 Å².